The van der Waals surface area contributed by atoms with E-state index in [0.29, 0.717) is 5.69 Å². The Bertz CT molecular complexity index is 493. The molecule has 0 aromatic heterocycles. The van der Waals surface area contributed by atoms with Gasteiger partial charge in [-0.05, 0) is 30.2 Å². The molecule has 0 unspecified atom stereocenters. The van der Waals surface area contributed by atoms with Crippen LogP contribution in [0.25, 0.3) is 6.08 Å². The van der Waals surface area contributed by atoms with Crippen LogP contribution in [0.4, 0.5) is 5.69 Å². The van der Waals surface area contributed by atoms with Crippen molar-refractivity contribution in [3.63, 3.8) is 0 Å². The second-order valence-electron chi connectivity index (χ2n) is 3.80. The number of hydrogen-bond donors (Lipinski definition) is 1. The summed E-state index contributed by atoms with van der Waals surface area (Å²) in [6.45, 7) is 4.71. The van der Waals surface area contributed by atoms with Crippen molar-refractivity contribution in [2.24, 2.45) is 0 Å². The van der Waals surface area contributed by atoms with Gasteiger partial charge in [0, 0.05) is 25.6 Å². The Hall–Kier alpha value is -2.17. The first-order chi connectivity index (χ1) is 7.90. The number of rotatable bonds is 3. The van der Waals surface area contributed by atoms with E-state index < -0.39 is 4.92 Å². The normalized spacial score (nSPS) is 11.1. The van der Waals surface area contributed by atoms with Crippen LogP contribution in [0.1, 0.15) is 25.0 Å². The molecule has 1 aromatic carbocycles. The van der Waals surface area contributed by atoms with E-state index >= 15 is 0 Å². The molecule has 17 heavy (non-hydrogen) atoms. The van der Waals surface area contributed by atoms with Gasteiger partial charge in [0.15, 0.2) is 0 Å². The number of aryl methyl sites for hydroxylation is 1. The maximum atomic E-state index is 10.9. The maximum absolute atomic E-state index is 10.9. The van der Waals surface area contributed by atoms with E-state index in [0.717, 1.165) is 11.1 Å². The van der Waals surface area contributed by atoms with Crippen LogP contribution < -0.4 is 5.32 Å². The van der Waals surface area contributed by atoms with Crippen molar-refractivity contribution < 1.29 is 9.72 Å². The van der Waals surface area contributed by atoms with Gasteiger partial charge in [-0.25, -0.2) is 0 Å². The van der Waals surface area contributed by atoms with Crippen LogP contribution in [0.5, 0.6) is 0 Å². The Morgan fingerprint density at radius 1 is 1.41 bits per heavy atom. The second-order valence-corrected chi connectivity index (χ2v) is 3.80. The minimum atomic E-state index is -0.429. The van der Waals surface area contributed by atoms with Gasteiger partial charge in [0.1, 0.15) is 0 Å². The van der Waals surface area contributed by atoms with Crippen LogP contribution in [0.2, 0.25) is 0 Å². The highest BCUT2D eigenvalue weighted by atomic mass is 16.6. The number of carbonyl (C=O) groups is 1. The summed E-state index contributed by atoms with van der Waals surface area (Å²) in [7, 11) is 0. The molecule has 0 atom stereocenters. The quantitative estimate of drug-likeness (QED) is 0.645. The average molecular weight is 234 g/mol. The van der Waals surface area contributed by atoms with E-state index in [1.54, 1.807) is 18.2 Å². The zero-order valence-electron chi connectivity index (χ0n) is 9.98. The van der Waals surface area contributed by atoms with Crippen LogP contribution >= 0.6 is 0 Å². The number of carbonyl (C=O) groups excluding carboxylic acids is 1. The lowest BCUT2D eigenvalue weighted by atomic mass is 10.1. The standard InChI is InChI=1S/C12H14N2O3/c1-8-6-12(13-10(3)15)5-4-11(8)7-9(2)14(16)17/h4-7H,1-3H3,(H,13,15)/b9-7+. The molecule has 90 valence electrons. The highest BCUT2D eigenvalue weighted by Gasteiger charge is 2.05. The fourth-order valence-corrected chi connectivity index (χ4v) is 1.40. The van der Waals surface area contributed by atoms with Crippen molar-refractivity contribution in [3.05, 3.63) is 45.1 Å². The molecule has 0 aliphatic carbocycles. The molecule has 1 N–H and O–H groups in total. The molecule has 0 bridgehead atoms. The fourth-order valence-electron chi connectivity index (χ4n) is 1.40. The predicted octanol–water partition coefficient (Wildman–Crippen LogP) is 2.59. The summed E-state index contributed by atoms with van der Waals surface area (Å²) in [6.07, 6.45) is 1.51. The number of hydrogen-bond acceptors (Lipinski definition) is 3. The molecule has 0 spiro atoms. The molecule has 5 nitrogen and oxygen atoms in total. The molecule has 0 saturated carbocycles. The van der Waals surface area contributed by atoms with Crippen LogP contribution in [0, 0.1) is 17.0 Å². The third-order valence-corrected chi connectivity index (χ3v) is 2.24. The van der Waals surface area contributed by atoms with E-state index in [4.69, 9.17) is 0 Å². The first kappa shape index (κ1) is 12.9. The molecule has 5 heteroatoms. The van der Waals surface area contributed by atoms with Crippen LogP contribution in [0.3, 0.4) is 0 Å². The Balaban J connectivity index is 3.02. The lowest BCUT2D eigenvalue weighted by molar-refractivity contribution is -0.422. The Kier molecular flexibility index (Phi) is 3.98. The van der Waals surface area contributed by atoms with Gasteiger partial charge >= 0.3 is 0 Å². The zero-order valence-corrected chi connectivity index (χ0v) is 9.98. The topological polar surface area (TPSA) is 72.2 Å². The zero-order chi connectivity index (χ0) is 13.0. The van der Waals surface area contributed by atoms with Crippen LogP contribution in [-0.2, 0) is 4.79 Å². The smallest absolute Gasteiger partial charge is 0.243 e. The molecule has 1 amide bonds. The Labute approximate surface area is 99.3 Å². The lowest BCUT2D eigenvalue weighted by Crippen LogP contribution is -2.05. The molecule has 0 aliphatic heterocycles. The summed E-state index contributed by atoms with van der Waals surface area (Å²) in [5.41, 5.74) is 2.41. The molecule has 0 heterocycles. The van der Waals surface area contributed by atoms with Gasteiger partial charge in [0.2, 0.25) is 11.6 Å². The predicted molar refractivity (Wildman–Crippen MR) is 66.1 cm³/mol. The Morgan fingerprint density at radius 2 is 2.06 bits per heavy atom. The van der Waals surface area contributed by atoms with Crippen molar-refractivity contribution in [2.75, 3.05) is 5.32 Å². The number of nitro groups is 1. The highest BCUT2D eigenvalue weighted by Crippen LogP contribution is 2.18. The van der Waals surface area contributed by atoms with E-state index in [1.807, 2.05) is 6.92 Å². The minimum absolute atomic E-state index is 0.0837. The van der Waals surface area contributed by atoms with Gasteiger partial charge in [-0.2, -0.15) is 0 Å². The summed E-state index contributed by atoms with van der Waals surface area (Å²) in [4.78, 5) is 20.9. The minimum Gasteiger partial charge on any atom is -0.326 e. The van der Waals surface area contributed by atoms with Crippen LogP contribution in [-0.4, -0.2) is 10.8 Å². The summed E-state index contributed by atoms with van der Waals surface area (Å²) >= 11 is 0. The van der Waals surface area contributed by atoms with Crippen LogP contribution in [0.15, 0.2) is 23.9 Å². The number of anilines is 1. The van der Waals surface area contributed by atoms with Gasteiger partial charge in [0.25, 0.3) is 0 Å². The first-order valence-corrected chi connectivity index (χ1v) is 5.11. The van der Waals surface area contributed by atoms with Gasteiger partial charge in [-0.15, -0.1) is 0 Å². The molecule has 1 rings (SSSR count). The van der Waals surface area contributed by atoms with Gasteiger partial charge in [-0.1, -0.05) is 6.07 Å². The monoisotopic (exact) mass is 234 g/mol. The van der Waals surface area contributed by atoms with Crippen molar-refractivity contribution in [2.45, 2.75) is 20.8 Å². The Morgan fingerprint density at radius 3 is 2.53 bits per heavy atom. The van der Waals surface area contributed by atoms with E-state index in [-0.39, 0.29) is 11.6 Å². The lowest BCUT2D eigenvalue weighted by Gasteiger charge is -2.05. The summed E-state index contributed by atoms with van der Waals surface area (Å²) < 4.78 is 0. The molecular weight excluding hydrogens is 220 g/mol. The van der Waals surface area contributed by atoms with E-state index in [2.05, 4.69) is 5.32 Å². The molecule has 0 aliphatic rings. The number of allylic oxidation sites excluding steroid dienone is 1. The number of amides is 1. The SMILES string of the molecule is CC(=O)Nc1ccc(/C=C(\C)[N+](=O)[O-])c(C)c1. The van der Waals surface area contributed by atoms with Gasteiger partial charge in [0.05, 0.1) is 4.92 Å². The molecular formula is C12H14N2O3. The molecule has 0 saturated heterocycles. The third-order valence-electron chi connectivity index (χ3n) is 2.24. The average Bonchev–Trinajstić information content (AvgIpc) is 2.20. The number of nitrogens with one attached hydrogen (secondary N) is 1. The second kappa shape index (κ2) is 5.25. The highest BCUT2D eigenvalue weighted by molar-refractivity contribution is 5.88. The number of benzene rings is 1. The van der Waals surface area contributed by atoms with E-state index in [9.17, 15) is 14.9 Å². The fraction of sp³-hybridized carbons (Fsp3) is 0.250. The first-order valence-electron chi connectivity index (χ1n) is 5.11. The summed E-state index contributed by atoms with van der Waals surface area (Å²) in [5, 5.41) is 13.2. The largest absolute Gasteiger partial charge is 0.326 e. The summed E-state index contributed by atoms with van der Waals surface area (Å²) in [5.74, 6) is -0.144. The molecule has 1 aromatic rings. The van der Waals surface area contributed by atoms with Crippen molar-refractivity contribution in [1.29, 1.82) is 0 Å². The maximum Gasteiger partial charge on any atom is 0.243 e. The third kappa shape index (κ3) is 3.71. The van der Waals surface area contributed by atoms with Gasteiger partial charge in [-0.3, -0.25) is 14.9 Å². The van der Waals surface area contributed by atoms with Crippen molar-refractivity contribution in [3.8, 4) is 0 Å². The van der Waals surface area contributed by atoms with E-state index in [1.165, 1.54) is 19.9 Å². The van der Waals surface area contributed by atoms with Crippen molar-refractivity contribution >= 4 is 17.7 Å². The van der Waals surface area contributed by atoms with Gasteiger partial charge < -0.3 is 5.32 Å². The summed E-state index contributed by atoms with van der Waals surface area (Å²) in [6, 6.07) is 5.24. The molecule has 0 fully saturated rings. The number of nitrogens with zero attached hydrogens (tertiary/aromatic N) is 1. The molecule has 0 radical (unpaired) electrons. The van der Waals surface area contributed by atoms with Crippen molar-refractivity contribution in [1.82, 2.24) is 0 Å².